The smallest absolute Gasteiger partial charge is 0.149 e. The summed E-state index contributed by atoms with van der Waals surface area (Å²) in [6.07, 6.45) is 3.36. The molecule has 0 saturated carbocycles. The Balaban J connectivity index is 2.35. The standard InChI is InChI=1S/C14H10FN/c15-12-10-16-9-5-4-8-13(16)14(12)11-6-2-1-3-7-11/h1-10H. The lowest BCUT2D eigenvalue weighted by molar-refractivity contribution is 0.631. The SMILES string of the molecule is Fc1cn2ccccc2c1-c1ccccc1. The molecule has 0 aliphatic rings. The predicted octanol–water partition coefficient (Wildman–Crippen LogP) is 3.75. The summed E-state index contributed by atoms with van der Waals surface area (Å²) in [7, 11) is 0. The highest BCUT2D eigenvalue weighted by Gasteiger charge is 2.11. The number of halogens is 1. The maximum absolute atomic E-state index is 13.9. The van der Waals surface area contributed by atoms with E-state index in [0.717, 1.165) is 11.1 Å². The number of hydrogen-bond donors (Lipinski definition) is 0. The first-order valence-corrected chi connectivity index (χ1v) is 5.17. The Morgan fingerprint density at radius 2 is 1.62 bits per heavy atom. The van der Waals surface area contributed by atoms with Crippen molar-refractivity contribution >= 4 is 5.52 Å². The number of rotatable bonds is 1. The van der Waals surface area contributed by atoms with Gasteiger partial charge < -0.3 is 4.40 Å². The molecule has 0 saturated heterocycles. The second-order valence-electron chi connectivity index (χ2n) is 3.71. The molecule has 0 aliphatic heterocycles. The Morgan fingerprint density at radius 3 is 2.44 bits per heavy atom. The lowest BCUT2D eigenvalue weighted by atomic mass is 10.1. The zero-order valence-electron chi connectivity index (χ0n) is 8.60. The molecule has 0 bridgehead atoms. The van der Waals surface area contributed by atoms with Crippen LogP contribution in [0.2, 0.25) is 0 Å². The van der Waals surface area contributed by atoms with Crippen molar-refractivity contribution in [1.82, 2.24) is 4.40 Å². The van der Waals surface area contributed by atoms with Crippen molar-refractivity contribution in [3.8, 4) is 11.1 Å². The topological polar surface area (TPSA) is 4.41 Å². The van der Waals surface area contributed by atoms with Crippen LogP contribution in [0.1, 0.15) is 0 Å². The minimum Gasteiger partial charge on any atom is -0.320 e. The first-order chi connectivity index (χ1) is 7.86. The molecule has 0 fully saturated rings. The van der Waals surface area contributed by atoms with E-state index < -0.39 is 0 Å². The van der Waals surface area contributed by atoms with Gasteiger partial charge in [-0.1, -0.05) is 36.4 Å². The van der Waals surface area contributed by atoms with E-state index in [9.17, 15) is 4.39 Å². The molecule has 3 aromatic rings. The van der Waals surface area contributed by atoms with Crippen molar-refractivity contribution in [2.75, 3.05) is 0 Å². The van der Waals surface area contributed by atoms with Crippen LogP contribution in [-0.2, 0) is 0 Å². The molecule has 0 amide bonds. The average Bonchev–Trinajstić information content (AvgIpc) is 2.66. The number of hydrogen-bond acceptors (Lipinski definition) is 0. The number of aromatic nitrogens is 1. The molecule has 0 spiro atoms. The second kappa shape index (κ2) is 3.49. The van der Waals surface area contributed by atoms with E-state index in [4.69, 9.17) is 0 Å². The van der Waals surface area contributed by atoms with E-state index in [0.29, 0.717) is 5.56 Å². The van der Waals surface area contributed by atoms with Gasteiger partial charge in [-0.2, -0.15) is 0 Å². The van der Waals surface area contributed by atoms with E-state index in [2.05, 4.69) is 0 Å². The van der Waals surface area contributed by atoms with E-state index in [1.165, 1.54) is 6.20 Å². The maximum atomic E-state index is 13.9. The van der Waals surface area contributed by atoms with Gasteiger partial charge in [-0.15, -0.1) is 0 Å². The fourth-order valence-electron chi connectivity index (χ4n) is 1.98. The number of nitrogens with zero attached hydrogens (tertiary/aromatic N) is 1. The van der Waals surface area contributed by atoms with Gasteiger partial charge in [0.2, 0.25) is 0 Å². The van der Waals surface area contributed by atoms with Gasteiger partial charge in [-0.25, -0.2) is 4.39 Å². The summed E-state index contributed by atoms with van der Waals surface area (Å²) >= 11 is 0. The van der Waals surface area contributed by atoms with Gasteiger partial charge in [0.05, 0.1) is 5.52 Å². The fraction of sp³-hybridized carbons (Fsp3) is 0. The third-order valence-corrected chi connectivity index (χ3v) is 2.70. The molecule has 16 heavy (non-hydrogen) atoms. The second-order valence-corrected chi connectivity index (χ2v) is 3.71. The molecule has 2 aromatic heterocycles. The third-order valence-electron chi connectivity index (χ3n) is 2.70. The van der Waals surface area contributed by atoms with Gasteiger partial charge in [0, 0.05) is 18.0 Å². The number of benzene rings is 1. The van der Waals surface area contributed by atoms with Gasteiger partial charge in [-0.3, -0.25) is 0 Å². The molecular formula is C14H10FN. The molecule has 2 heterocycles. The molecule has 0 atom stereocenters. The van der Waals surface area contributed by atoms with Crippen molar-refractivity contribution < 1.29 is 4.39 Å². The van der Waals surface area contributed by atoms with Gasteiger partial charge in [0.15, 0.2) is 0 Å². The third kappa shape index (κ3) is 1.31. The van der Waals surface area contributed by atoms with Crippen LogP contribution in [0.3, 0.4) is 0 Å². The van der Waals surface area contributed by atoms with Crippen molar-refractivity contribution in [2.45, 2.75) is 0 Å². The van der Waals surface area contributed by atoms with Crippen molar-refractivity contribution in [2.24, 2.45) is 0 Å². The van der Waals surface area contributed by atoms with E-state index in [1.54, 1.807) is 4.40 Å². The molecule has 78 valence electrons. The van der Waals surface area contributed by atoms with Crippen molar-refractivity contribution in [3.63, 3.8) is 0 Å². The van der Waals surface area contributed by atoms with E-state index in [-0.39, 0.29) is 5.82 Å². The van der Waals surface area contributed by atoms with Crippen LogP contribution in [0.4, 0.5) is 4.39 Å². The lowest BCUT2D eigenvalue weighted by Crippen LogP contribution is -1.80. The Hall–Kier alpha value is -2.09. The normalized spacial score (nSPS) is 10.8. The first-order valence-electron chi connectivity index (χ1n) is 5.17. The minimum absolute atomic E-state index is 0.183. The largest absolute Gasteiger partial charge is 0.320 e. The molecular weight excluding hydrogens is 201 g/mol. The molecule has 3 rings (SSSR count). The summed E-state index contributed by atoms with van der Waals surface area (Å²) in [5, 5.41) is 0. The van der Waals surface area contributed by atoms with Gasteiger partial charge in [-0.05, 0) is 17.7 Å². The lowest BCUT2D eigenvalue weighted by Gasteiger charge is -2.00. The van der Waals surface area contributed by atoms with Gasteiger partial charge in [0.25, 0.3) is 0 Å². The van der Waals surface area contributed by atoms with Crippen molar-refractivity contribution in [3.05, 3.63) is 66.7 Å². The number of pyridine rings is 1. The zero-order valence-corrected chi connectivity index (χ0v) is 8.60. The quantitative estimate of drug-likeness (QED) is 0.577. The van der Waals surface area contributed by atoms with E-state index in [1.807, 2.05) is 54.7 Å². The summed E-state index contributed by atoms with van der Waals surface area (Å²) < 4.78 is 15.7. The first kappa shape index (κ1) is 9.16. The fourth-order valence-corrected chi connectivity index (χ4v) is 1.98. The van der Waals surface area contributed by atoms with Gasteiger partial charge >= 0.3 is 0 Å². The Kier molecular flexibility index (Phi) is 2.00. The Labute approximate surface area is 92.8 Å². The molecule has 0 N–H and O–H groups in total. The maximum Gasteiger partial charge on any atom is 0.149 e. The summed E-state index contributed by atoms with van der Waals surface area (Å²) in [5.41, 5.74) is 2.47. The molecule has 2 heteroatoms. The molecule has 0 radical (unpaired) electrons. The molecule has 0 unspecified atom stereocenters. The predicted molar refractivity (Wildman–Crippen MR) is 62.8 cm³/mol. The van der Waals surface area contributed by atoms with Crippen molar-refractivity contribution in [1.29, 1.82) is 0 Å². The van der Waals surface area contributed by atoms with Crippen LogP contribution in [0, 0.1) is 5.82 Å². The highest BCUT2D eigenvalue weighted by Crippen LogP contribution is 2.28. The Bertz CT molecular complexity index is 626. The summed E-state index contributed by atoms with van der Waals surface area (Å²) in [5.74, 6) is -0.183. The van der Waals surface area contributed by atoms with Crippen LogP contribution in [-0.4, -0.2) is 4.40 Å². The van der Waals surface area contributed by atoms with Crippen LogP contribution in [0.15, 0.2) is 60.9 Å². The number of fused-ring (bicyclic) bond motifs is 1. The van der Waals surface area contributed by atoms with Crippen LogP contribution < -0.4 is 0 Å². The highest BCUT2D eigenvalue weighted by atomic mass is 19.1. The average molecular weight is 211 g/mol. The monoisotopic (exact) mass is 211 g/mol. The zero-order chi connectivity index (χ0) is 11.0. The van der Waals surface area contributed by atoms with Crippen LogP contribution in [0.25, 0.3) is 16.6 Å². The summed E-state index contributed by atoms with van der Waals surface area (Å²) in [6.45, 7) is 0. The summed E-state index contributed by atoms with van der Waals surface area (Å²) in [6, 6.07) is 15.3. The van der Waals surface area contributed by atoms with Gasteiger partial charge in [0.1, 0.15) is 5.82 Å². The highest BCUT2D eigenvalue weighted by molar-refractivity contribution is 5.81. The summed E-state index contributed by atoms with van der Waals surface area (Å²) in [4.78, 5) is 0. The van der Waals surface area contributed by atoms with Crippen LogP contribution in [0.5, 0.6) is 0 Å². The molecule has 1 nitrogen and oxygen atoms in total. The Morgan fingerprint density at radius 1 is 0.875 bits per heavy atom. The van der Waals surface area contributed by atoms with E-state index >= 15 is 0 Å². The molecule has 1 aromatic carbocycles. The molecule has 0 aliphatic carbocycles. The minimum atomic E-state index is -0.183. The van der Waals surface area contributed by atoms with Crippen LogP contribution >= 0.6 is 0 Å².